The Morgan fingerprint density at radius 1 is 0.641 bits per heavy atom. The molecule has 4 N–H and O–H groups in total. The Labute approximate surface area is 227 Å². The third kappa shape index (κ3) is 7.67. The lowest BCUT2D eigenvalue weighted by atomic mass is 10.0. The SMILES string of the molecule is COc1cc(C(Oc2ccc(/C=C/CO)cc2OC)C(CO)Oc2ccc(/C=C\CO)cc2OC)ccc1O. The van der Waals surface area contributed by atoms with E-state index in [-0.39, 0.29) is 24.7 Å². The van der Waals surface area contributed by atoms with E-state index in [1.807, 2.05) is 0 Å². The second kappa shape index (κ2) is 14.7. The topological polar surface area (TPSA) is 127 Å². The van der Waals surface area contributed by atoms with Crippen molar-refractivity contribution >= 4 is 12.2 Å². The Hall–Kier alpha value is -4.18. The number of phenols is 1. The molecule has 0 amide bonds. The van der Waals surface area contributed by atoms with E-state index in [1.165, 1.54) is 27.4 Å². The molecule has 0 aliphatic carbocycles. The van der Waals surface area contributed by atoms with Gasteiger partial charge in [0.15, 0.2) is 46.7 Å². The molecular formula is C30H34O9. The van der Waals surface area contributed by atoms with Gasteiger partial charge in [0.25, 0.3) is 0 Å². The predicted molar refractivity (Wildman–Crippen MR) is 148 cm³/mol. The van der Waals surface area contributed by atoms with Gasteiger partial charge in [0.1, 0.15) is 0 Å². The van der Waals surface area contributed by atoms with Crippen LogP contribution in [0.15, 0.2) is 66.7 Å². The monoisotopic (exact) mass is 538 g/mol. The molecule has 2 atom stereocenters. The molecule has 9 heteroatoms. The van der Waals surface area contributed by atoms with Gasteiger partial charge in [-0.2, -0.15) is 0 Å². The quantitative estimate of drug-likeness (QED) is 0.241. The van der Waals surface area contributed by atoms with E-state index in [1.54, 1.807) is 72.8 Å². The van der Waals surface area contributed by atoms with Crippen molar-refractivity contribution < 1.29 is 44.1 Å². The van der Waals surface area contributed by atoms with E-state index >= 15 is 0 Å². The van der Waals surface area contributed by atoms with E-state index in [0.717, 1.165) is 11.1 Å². The summed E-state index contributed by atoms with van der Waals surface area (Å²) in [5.41, 5.74) is 2.16. The molecule has 208 valence electrons. The van der Waals surface area contributed by atoms with Crippen LogP contribution < -0.4 is 23.7 Å². The lowest BCUT2D eigenvalue weighted by molar-refractivity contribution is 0.0121. The Morgan fingerprint density at radius 2 is 1.18 bits per heavy atom. The zero-order chi connectivity index (χ0) is 28.2. The highest BCUT2D eigenvalue weighted by Gasteiger charge is 2.30. The highest BCUT2D eigenvalue weighted by Crippen LogP contribution is 2.38. The average molecular weight is 539 g/mol. The fourth-order valence-corrected chi connectivity index (χ4v) is 3.87. The van der Waals surface area contributed by atoms with Crippen molar-refractivity contribution in [2.45, 2.75) is 12.2 Å². The second-order valence-corrected chi connectivity index (χ2v) is 8.30. The number of aliphatic hydroxyl groups is 3. The standard InChI is InChI=1S/C30H34O9/c1-35-26-18-22(10-11-23(26)34)30(39-25-13-9-21(7-5-15-32)17-28(25)37-3)29(19-33)38-24-12-8-20(6-4-14-31)16-27(24)36-2/h4-13,16-18,29-34H,14-15,19H2,1-3H3/b6-4-,7-5+. The van der Waals surface area contributed by atoms with Gasteiger partial charge in [-0.3, -0.25) is 0 Å². The van der Waals surface area contributed by atoms with E-state index in [2.05, 4.69) is 0 Å². The fraction of sp³-hybridized carbons (Fsp3) is 0.267. The molecule has 9 nitrogen and oxygen atoms in total. The van der Waals surface area contributed by atoms with Gasteiger partial charge in [-0.05, 0) is 47.5 Å². The zero-order valence-electron chi connectivity index (χ0n) is 22.1. The maximum Gasteiger partial charge on any atom is 0.163 e. The summed E-state index contributed by atoms with van der Waals surface area (Å²) in [5, 5.41) is 38.7. The van der Waals surface area contributed by atoms with Gasteiger partial charge >= 0.3 is 0 Å². The van der Waals surface area contributed by atoms with E-state index < -0.39 is 18.8 Å². The van der Waals surface area contributed by atoms with E-state index in [4.69, 9.17) is 33.9 Å². The maximum absolute atomic E-state index is 10.5. The number of aromatic hydroxyl groups is 1. The van der Waals surface area contributed by atoms with Crippen LogP contribution in [0.2, 0.25) is 0 Å². The normalized spacial score (nSPS) is 12.9. The Kier molecular flexibility index (Phi) is 11.1. The van der Waals surface area contributed by atoms with Crippen LogP contribution >= 0.6 is 0 Å². The van der Waals surface area contributed by atoms with E-state index in [9.17, 15) is 10.2 Å². The van der Waals surface area contributed by atoms with Crippen LogP contribution in [0.5, 0.6) is 34.5 Å². The summed E-state index contributed by atoms with van der Waals surface area (Å²) < 4.78 is 29.0. The van der Waals surface area contributed by atoms with Gasteiger partial charge in [-0.15, -0.1) is 0 Å². The zero-order valence-corrected chi connectivity index (χ0v) is 22.1. The smallest absolute Gasteiger partial charge is 0.163 e. The van der Waals surface area contributed by atoms with Crippen LogP contribution in [-0.4, -0.2) is 67.7 Å². The lowest BCUT2D eigenvalue weighted by Gasteiger charge is -2.29. The van der Waals surface area contributed by atoms with Crippen molar-refractivity contribution in [3.8, 4) is 34.5 Å². The van der Waals surface area contributed by atoms with Crippen LogP contribution in [-0.2, 0) is 0 Å². The summed E-state index contributed by atoms with van der Waals surface area (Å²) in [4.78, 5) is 0. The largest absolute Gasteiger partial charge is 0.504 e. The minimum atomic E-state index is -0.925. The van der Waals surface area contributed by atoms with Gasteiger partial charge in [0, 0.05) is 5.56 Å². The van der Waals surface area contributed by atoms with E-state index in [0.29, 0.717) is 28.6 Å². The van der Waals surface area contributed by atoms with Crippen LogP contribution in [0.4, 0.5) is 0 Å². The first-order chi connectivity index (χ1) is 19.0. The van der Waals surface area contributed by atoms with Gasteiger partial charge in [0.2, 0.25) is 0 Å². The number of benzene rings is 3. The molecule has 0 saturated carbocycles. The molecule has 0 aromatic heterocycles. The number of rotatable bonds is 14. The van der Waals surface area contributed by atoms with Gasteiger partial charge in [0.05, 0.1) is 41.2 Å². The van der Waals surface area contributed by atoms with Crippen molar-refractivity contribution in [2.75, 3.05) is 41.2 Å². The van der Waals surface area contributed by atoms with Crippen molar-refractivity contribution in [2.24, 2.45) is 0 Å². The summed E-state index contributed by atoms with van der Waals surface area (Å²) in [6, 6.07) is 15.3. The summed E-state index contributed by atoms with van der Waals surface area (Å²) in [6.07, 6.45) is 4.90. The number of aliphatic hydroxyl groups excluding tert-OH is 3. The minimum Gasteiger partial charge on any atom is -0.504 e. The summed E-state index contributed by atoms with van der Waals surface area (Å²) in [7, 11) is 4.46. The van der Waals surface area contributed by atoms with Gasteiger partial charge in [-0.25, -0.2) is 0 Å². The molecule has 0 radical (unpaired) electrons. The Balaban J connectivity index is 2.03. The van der Waals surface area contributed by atoms with Gasteiger partial charge in [-0.1, -0.05) is 42.5 Å². The first kappa shape index (κ1) is 29.4. The second-order valence-electron chi connectivity index (χ2n) is 8.30. The molecule has 0 heterocycles. The van der Waals surface area contributed by atoms with Crippen LogP contribution in [0.25, 0.3) is 12.2 Å². The Morgan fingerprint density at radius 3 is 1.67 bits per heavy atom. The predicted octanol–water partition coefficient (Wildman–Crippen LogP) is 3.99. The molecule has 0 aliphatic rings. The number of ether oxygens (including phenoxy) is 5. The molecule has 3 aromatic carbocycles. The highest BCUT2D eigenvalue weighted by molar-refractivity contribution is 5.57. The van der Waals surface area contributed by atoms with Crippen LogP contribution in [0.1, 0.15) is 22.8 Å². The first-order valence-electron chi connectivity index (χ1n) is 12.2. The highest BCUT2D eigenvalue weighted by atomic mass is 16.6. The molecule has 0 aliphatic heterocycles. The molecular weight excluding hydrogens is 504 g/mol. The molecule has 3 aromatic rings. The number of hydrogen-bond donors (Lipinski definition) is 4. The molecule has 0 saturated heterocycles. The van der Waals surface area contributed by atoms with Crippen LogP contribution in [0, 0.1) is 0 Å². The van der Waals surface area contributed by atoms with Crippen LogP contribution in [0.3, 0.4) is 0 Å². The summed E-state index contributed by atoms with van der Waals surface area (Å²) in [6.45, 7) is -0.615. The average Bonchev–Trinajstić information content (AvgIpc) is 2.97. The molecule has 3 rings (SSSR count). The first-order valence-corrected chi connectivity index (χ1v) is 12.2. The number of methoxy groups -OCH3 is 3. The molecule has 0 bridgehead atoms. The Bertz CT molecular complexity index is 1270. The molecule has 2 unspecified atom stereocenters. The summed E-state index contributed by atoms with van der Waals surface area (Å²) in [5.74, 6) is 1.79. The van der Waals surface area contributed by atoms with Crippen molar-refractivity contribution in [1.82, 2.24) is 0 Å². The van der Waals surface area contributed by atoms with Crippen molar-refractivity contribution in [3.05, 3.63) is 83.4 Å². The molecule has 39 heavy (non-hydrogen) atoms. The van der Waals surface area contributed by atoms with Crippen molar-refractivity contribution in [3.63, 3.8) is 0 Å². The number of hydrogen-bond acceptors (Lipinski definition) is 9. The third-order valence-electron chi connectivity index (χ3n) is 5.79. The summed E-state index contributed by atoms with van der Waals surface area (Å²) >= 11 is 0. The fourth-order valence-electron chi connectivity index (χ4n) is 3.87. The number of phenolic OH excluding ortho intramolecular Hbond substituents is 1. The van der Waals surface area contributed by atoms with Gasteiger partial charge < -0.3 is 44.1 Å². The third-order valence-corrected chi connectivity index (χ3v) is 5.79. The molecule has 0 spiro atoms. The minimum absolute atomic E-state index is 0.0488. The molecule has 0 fully saturated rings. The van der Waals surface area contributed by atoms with Crippen molar-refractivity contribution in [1.29, 1.82) is 0 Å². The maximum atomic E-state index is 10.5. The lowest BCUT2D eigenvalue weighted by Crippen LogP contribution is -2.33.